The predicted molar refractivity (Wildman–Crippen MR) is 116 cm³/mol. The Labute approximate surface area is 188 Å². The van der Waals surface area contributed by atoms with Gasteiger partial charge in [-0.25, -0.2) is 9.59 Å². The molecule has 0 aromatic heterocycles. The van der Waals surface area contributed by atoms with Crippen molar-refractivity contribution >= 4 is 18.0 Å². The lowest BCUT2D eigenvalue weighted by Gasteiger charge is -2.49. The van der Waals surface area contributed by atoms with Crippen molar-refractivity contribution in [3.8, 4) is 5.75 Å². The summed E-state index contributed by atoms with van der Waals surface area (Å²) in [5.74, 6) is 0.315. The van der Waals surface area contributed by atoms with Gasteiger partial charge in [-0.2, -0.15) is 0 Å². The summed E-state index contributed by atoms with van der Waals surface area (Å²) in [7, 11) is 1.36. The van der Waals surface area contributed by atoms with Crippen LogP contribution in [0.5, 0.6) is 5.75 Å². The van der Waals surface area contributed by atoms with Gasteiger partial charge >= 0.3 is 12.1 Å². The molecule has 2 saturated heterocycles. The molecule has 3 aliphatic rings. The van der Waals surface area contributed by atoms with Crippen molar-refractivity contribution < 1.29 is 28.6 Å². The van der Waals surface area contributed by atoms with Gasteiger partial charge in [0, 0.05) is 44.3 Å². The highest BCUT2D eigenvalue weighted by Gasteiger charge is 2.50. The molecule has 3 aliphatic heterocycles. The van der Waals surface area contributed by atoms with Crippen LogP contribution in [-0.4, -0.2) is 65.2 Å². The highest BCUT2D eigenvalue weighted by atomic mass is 16.6. The molecule has 2 atom stereocenters. The minimum atomic E-state index is -0.581. The van der Waals surface area contributed by atoms with Crippen LogP contribution in [0.25, 0.3) is 0 Å². The highest BCUT2D eigenvalue weighted by Crippen LogP contribution is 2.48. The van der Waals surface area contributed by atoms with Gasteiger partial charge in [-0.1, -0.05) is 18.2 Å². The van der Waals surface area contributed by atoms with Crippen LogP contribution in [0.2, 0.25) is 0 Å². The van der Waals surface area contributed by atoms with Gasteiger partial charge in [0.25, 0.3) is 0 Å². The SMILES string of the molecule is COC(=O)C1CCC(=O)N1C1CC2(CCN(C(=O)OC(C)(C)C)CC2)Oc2ccccc21. The minimum absolute atomic E-state index is 0.0385. The predicted octanol–water partition coefficient (Wildman–Crippen LogP) is 3.44. The van der Waals surface area contributed by atoms with Crippen LogP contribution in [0.15, 0.2) is 24.3 Å². The molecule has 3 heterocycles. The Balaban J connectivity index is 1.58. The largest absolute Gasteiger partial charge is 0.487 e. The van der Waals surface area contributed by atoms with Gasteiger partial charge in [0.15, 0.2) is 0 Å². The number of piperidine rings is 1. The molecule has 0 bridgehead atoms. The maximum Gasteiger partial charge on any atom is 0.410 e. The minimum Gasteiger partial charge on any atom is -0.487 e. The van der Waals surface area contributed by atoms with E-state index < -0.39 is 17.2 Å². The Kier molecular flexibility index (Phi) is 5.81. The summed E-state index contributed by atoms with van der Waals surface area (Å²) in [6, 6.07) is 6.86. The molecule has 0 aliphatic carbocycles. The van der Waals surface area contributed by atoms with Crippen molar-refractivity contribution in [3.05, 3.63) is 29.8 Å². The Hall–Kier alpha value is -2.77. The fraction of sp³-hybridized carbons (Fsp3) is 0.625. The van der Waals surface area contributed by atoms with Crippen LogP contribution in [-0.2, 0) is 19.1 Å². The van der Waals surface area contributed by atoms with E-state index >= 15 is 0 Å². The summed E-state index contributed by atoms with van der Waals surface area (Å²) in [6.07, 6.45) is 2.30. The molecular formula is C24H32N2O6. The van der Waals surface area contributed by atoms with Crippen molar-refractivity contribution in [2.45, 2.75) is 76.2 Å². The number of ether oxygens (including phenoxy) is 3. The van der Waals surface area contributed by atoms with Crippen molar-refractivity contribution in [2.75, 3.05) is 20.2 Å². The van der Waals surface area contributed by atoms with Crippen molar-refractivity contribution in [1.82, 2.24) is 9.80 Å². The number of likely N-dealkylation sites (tertiary alicyclic amines) is 2. The quantitative estimate of drug-likeness (QED) is 0.650. The first-order chi connectivity index (χ1) is 15.1. The number of rotatable bonds is 2. The van der Waals surface area contributed by atoms with Gasteiger partial charge in [0.2, 0.25) is 5.91 Å². The fourth-order valence-corrected chi connectivity index (χ4v) is 5.02. The van der Waals surface area contributed by atoms with Crippen molar-refractivity contribution in [3.63, 3.8) is 0 Å². The normalized spacial score (nSPS) is 24.7. The number of amides is 2. The summed E-state index contributed by atoms with van der Waals surface area (Å²) < 4.78 is 17.0. The van der Waals surface area contributed by atoms with Gasteiger partial charge in [0.1, 0.15) is 23.0 Å². The van der Waals surface area contributed by atoms with E-state index in [0.29, 0.717) is 45.2 Å². The number of fused-ring (bicyclic) bond motifs is 1. The van der Waals surface area contributed by atoms with E-state index in [-0.39, 0.29) is 24.0 Å². The van der Waals surface area contributed by atoms with Crippen molar-refractivity contribution in [1.29, 1.82) is 0 Å². The molecule has 2 unspecified atom stereocenters. The van der Waals surface area contributed by atoms with Gasteiger partial charge < -0.3 is 24.0 Å². The lowest BCUT2D eigenvalue weighted by molar-refractivity contribution is -0.152. The van der Waals surface area contributed by atoms with Gasteiger partial charge in [-0.05, 0) is 33.3 Å². The van der Waals surface area contributed by atoms with Crippen LogP contribution in [0, 0.1) is 0 Å². The number of benzene rings is 1. The molecule has 1 spiro atoms. The van der Waals surface area contributed by atoms with E-state index in [1.54, 1.807) is 9.80 Å². The zero-order valence-electron chi connectivity index (χ0n) is 19.3. The fourth-order valence-electron chi connectivity index (χ4n) is 5.02. The van der Waals surface area contributed by atoms with Gasteiger partial charge in [0.05, 0.1) is 13.2 Å². The molecule has 0 radical (unpaired) electrons. The van der Waals surface area contributed by atoms with Crippen LogP contribution < -0.4 is 4.74 Å². The average molecular weight is 445 g/mol. The third-order valence-electron chi connectivity index (χ3n) is 6.56. The number of esters is 1. The second-order valence-corrected chi connectivity index (χ2v) is 9.89. The van der Waals surface area contributed by atoms with Crippen LogP contribution in [0.4, 0.5) is 4.79 Å². The Morgan fingerprint density at radius 3 is 2.50 bits per heavy atom. The summed E-state index contributed by atoms with van der Waals surface area (Å²) in [6.45, 7) is 6.59. The standard InChI is InChI=1S/C24H32N2O6/c1-23(2,3)32-22(29)25-13-11-24(12-14-25)15-18(16-7-5-6-8-19(16)31-24)26-17(21(28)30-4)9-10-20(26)27/h5-8,17-18H,9-15H2,1-4H3. The first-order valence-corrected chi connectivity index (χ1v) is 11.3. The monoisotopic (exact) mass is 444 g/mol. The number of hydrogen-bond acceptors (Lipinski definition) is 6. The van der Waals surface area contributed by atoms with E-state index in [9.17, 15) is 14.4 Å². The third kappa shape index (κ3) is 4.27. The second kappa shape index (κ2) is 8.30. The van der Waals surface area contributed by atoms with E-state index in [4.69, 9.17) is 14.2 Å². The Morgan fingerprint density at radius 1 is 1.16 bits per heavy atom. The molecular weight excluding hydrogens is 412 g/mol. The smallest absolute Gasteiger partial charge is 0.410 e. The molecule has 8 heteroatoms. The average Bonchev–Trinajstić information content (AvgIpc) is 3.13. The lowest BCUT2D eigenvalue weighted by Crippen LogP contribution is -2.55. The number of nitrogens with zero attached hydrogens (tertiary/aromatic N) is 2. The Morgan fingerprint density at radius 2 is 1.84 bits per heavy atom. The molecule has 4 rings (SSSR count). The lowest BCUT2D eigenvalue weighted by atomic mass is 9.80. The Bertz CT molecular complexity index is 900. The summed E-state index contributed by atoms with van der Waals surface area (Å²) in [5.41, 5.74) is -0.144. The molecule has 0 saturated carbocycles. The molecule has 174 valence electrons. The molecule has 2 amide bonds. The van der Waals surface area contributed by atoms with Crippen LogP contribution >= 0.6 is 0 Å². The van der Waals surface area contributed by atoms with E-state index in [2.05, 4.69) is 0 Å². The number of methoxy groups -OCH3 is 1. The first-order valence-electron chi connectivity index (χ1n) is 11.3. The second-order valence-electron chi connectivity index (χ2n) is 9.89. The third-order valence-corrected chi connectivity index (χ3v) is 6.56. The number of para-hydroxylation sites is 1. The topological polar surface area (TPSA) is 85.4 Å². The van der Waals surface area contributed by atoms with E-state index in [1.165, 1.54) is 7.11 Å². The molecule has 1 aromatic carbocycles. The number of hydrogen-bond donors (Lipinski definition) is 0. The first kappa shape index (κ1) is 22.4. The maximum absolute atomic E-state index is 12.9. The summed E-state index contributed by atoms with van der Waals surface area (Å²) in [4.78, 5) is 41.2. The highest BCUT2D eigenvalue weighted by molar-refractivity contribution is 5.88. The molecule has 2 fully saturated rings. The molecule has 1 aromatic rings. The van der Waals surface area contributed by atoms with Gasteiger partial charge in [-0.3, -0.25) is 4.79 Å². The van der Waals surface area contributed by atoms with Crippen molar-refractivity contribution in [2.24, 2.45) is 0 Å². The van der Waals surface area contributed by atoms with E-state index in [0.717, 1.165) is 11.3 Å². The molecule has 32 heavy (non-hydrogen) atoms. The molecule has 0 N–H and O–H groups in total. The summed E-state index contributed by atoms with van der Waals surface area (Å²) in [5, 5.41) is 0. The number of carbonyl (C=O) groups is 3. The maximum atomic E-state index is 12.9. The van der Waals surface area contributed by atoms with Gasteiger partial charge in [-0.15, -0.1) is 0 Å². The van der Waals surface area contributed by atoms with Crippen LogP contribution in [0.1, 0.15) is 64.5 Å². The zero-order chi connectivity index (χ0) is 23.1. The van der Waals surface area contributed by atoms with Crippen LogP contribution in [0.3, 0.4) is 0 Å². The number of carbonyl (C=O) groups excluding carboxylic acids is 3. The summed E-state index contributed by atoms with van der Waals surface area (Å²) >= 11 is 0. The zero-order valence-corrected chi connectivity index (χ0v) is 19.3. The van der Waals surface area contributed by atoms with E-state index in [1.807, 2.05) is 45.0 Å². The molecule has 8 nitrogen and oxygen atoms in total.